The number of carbonyl (C=O) groups excluding carboxylic acids is 1. The lowest BCUT2D eigenvalue weighted by Gasteiger charge is -2.29. The molecule has 2 heterocycles. The van der Waals surface area contributed by atoms with E-state index in [1.807, 2.05) is 44.4 Å². The number of methoxy groups -OCH3 is 1. The highest BCUT2D eigenvalue weighted by atomic mass is 16.6. The molecule has 1 aromatic carbocycles. The summed E-state index contributed by atoms with van der Waals surface area (Å²) < 4.78 is 13.3. The molecule has 0 spiro atoms. The van der Waals surface area contributed by atoms with Gasteiger partial charge in [-0.3, -0.25) is 14.7 Å². The number of imidazole rings is 1. The zero-order chi connectivity index (χ0) is 26.5. The Balaban J connectivity index is 1.62. The van der Waals surface area contributed by atoms with Gasteiger partial charge in [-0.05, 0) is 78.1 Å². The van der Waals surface area contributed by atoms with Gasteiger partial charge in [-0.25, -0.2) is 9.78 Å². The van der Waals surface area contributed by atoms with E-state index in [0.29, 0.717) is 17.4 Å². The molecule has 1 aliphatic rings. The smallest absolute Gasteiger partial charge is 0.412 e. The van der Waals surface area contributed by atoms with Crippen molar-refractivity contribution in [1.29, 1.82) is 0 Å². The maximum absolute atomic E-state index is 12.4. The Bertz CT molecular complexity index is 1210. The van der Waals surface area contributed by atoms with E-state index in [2.05, 4.69) is 40.6 Å². The third-order valence-electron chi connectivity index (χ3n) is 7.32. The fourth-order valence-corrected chi connectivity index (χ4v) is 5.56. The fourth-order valence-electron chi connectivity index (χ4n) is 5.56. The molecule has 1 amide bonds. The predicted molar refractivity (Wildman–Crippen MR) is 147 cm³/mol. The SMILES string of the molecule is CCCC(C)OC(=O)Nc1ccc(-c2nc(C3CCC(CN(C)C)CC3)n3ccnc(C)c23)cc1OC. The van der Waals surface area contributed by atoms with Crippen LogP contribution in [-0.4, -0.2) is 59.2 Å². The normalized spacial score (nSPS) is 18.7. The first-order valence-electron chi connectivity index (χ1n) is 13.4. The summed E-state index contributed by atoms with van der Waals surface area (Å²) in [4.78, 5) is 24.4. The maximum atomic E-state index is 12.4. The topological polar surface area (TPSA) is 81.0 Å². The van der Waals surface area contributed by atoms with Crippen LogP contribution in [0.4, 0.5) is 10.5 Å². The molecule has 200 valence electrons. The summed E-state index contributed by atoms with van der Waals surface area (Å²) in [6.07, 6.45) is 9.77. The van der Waals surface area contributed by atoms with Gasteiger partial charge in [0.2, 0.25) is 0 Å². The first-order chi connectivity index (χ1) is 17.8. The number of aryl methyl sites for hydroxylation is 1. The Morgan fingerprint density at radius 3 is 2.68 bits per heavy atom. The van der Waals surface area contributed by atoms with E-state index < -0.39 is 6.09 Å². The van der Waals surface area contributed by atoms with Gasteiger partial charge in [0.15, 0.2) is 0 Å². The van der Waals surface area contributed by atoms with Gasteiger partial charge in [-0.15, -0.1) is 0 Å². The minimum Gasteiger partial charge on any atom is -0.495 e. The molecule has 1 unspecified atom stereocenters. The number of nitrogens with one attached hydrogen (secondary N) is 1. The van der Waals surface area contributed by atoms with Gasteiger partial charge in [-0.2, -0.15) is 0 Å². The third kappa shape index (κ3) is 6.24. The number of aromatic nitrogens is 3. The molecule has 0 radical (unpaired) electrons. The molecule has 4 rings (SSSR count). The van der Waals surface area contributed by atoms with Gasteiger partial charge in [0, 0.05) is 30.4 Å². The summed E-state index contributed by atoms with van der Waals surface area (Å²) in [5.74, 6) is 2.84. The Morgan fingerprint density at radius 2 is 2.00 bits per heavy atom. The van der Waals surface area contributed by atoms with Crippen molar-refractivity contribution in [2.24, 2.45) is 5.92 Å². The van der Waals surface area contributed by atoms with Crippen LogP contribution in [0.3, 0.4) is 0 Å². The van der Waals surface area contributed by atoms with E-state index in [0.717, 1.165) is 66.4 Å². The van der Waals surface area contributed by atoms with E-state index in [1.54, 1.807) is 7.11 Å². The Morgan fingerprint density at radius 1 is 1.24 bits per heavy atom. The molecule has 37 heavy (non-hydrogen) atoms. The van der Waals surface area contributed by atoms with E-state index in [9.17, 15) is 4.79 Å². The number of ether oxygens (including phenoxy) is 2. The summed E-state index contributed by atoms with van der Waals surface area (Å²) in [6, 6.07) is 5.75. The average molecular weight is 508 g/mol. The monoisotopic (exact) mass is 507 g/mol. The Kier molecular flexibility index (Phi) is 8.69. The lowest BCUT2D eigenvalue weighted by atomic mass is 9.81. The number of carbonyl (C=O) groups is 1. The lowest BCUT2D eigenvalue weighted by Crippen LogP contribution is -2.25. The van der Waals surface area contributed by atoms with Crippen molar-refractivity contribution >= 4 is 17.3 Å². The quantitative estimate of drug-likeness (QED) is 0.367. The second-order valence-corrected chi connectivity index (χ2v) is 10.6. The number of hydrogen-bond acceptors (Lipinski definition) is 6. The number of anilines is 1. The molecule has 1 aliphatic carbocycles. The molecule has 2 aromatic heterocycles. The van der Waals surface area contributed by atoms with Gasteiger partial charge in [0.1, 0.15) is 17.7 Å². The van der Waals surface area contributed by atoms with Crippen LogP contribution in [0.5, 0.6) is 5.75 Å². The van der Waals surface area contributed by atoms with Gasteiger partial charge in [0.05, 0.1) is 29.7 Å². The molecule has 3 aromatic rings. The first-order valence-corrected chi connectivity index (χ1v) is 13.4. The number of nitrogens with zero attached hydrogens (tertiary/aromatic N) is 4. The number of rotatable bonds is 9. The Hall–Kier alpha value is -3.13. The van der Waals surface area contributed by atoms with Crippen LogP contribution < -0.4 is 10.1 Å². The van der Waals surface area contributed by atoms with Crippen molar-refractivity contribution in [3.05, 3.63) is 42.1 Å². The highest BCUT2D eigenvalue weighted by Gasteiger charge is 2.28. The largest absolute Gasteiger partial charge is 0.495 e. The predicted octanol–water partition coefficient (Wildman–Crippen LogP) is 6.29. The number of amides is 1. The molecule has 0 bridgehead atoms. The average Bonchev–Trinajstić information content (AvgIpc) is 3.25. The molecule has 1 atom stereocenters. The van der Waals surface area contributed by atoms with Crippen LogP contribution in [0.2, 0.25) is 0 Å². The van der Waals surface area contributed by atoms with Crippen LogP contribution in [0.1, 0.15) is 69.8 Å². The highest BCUT2D eigenvalue weighted by molar-refractivity contribution is 5.89. The van der Waals surface area contributed by atoms with Crippen molar-refractivity contribution in [3.63, 3.8) is 0 Å². The van der Waals surface area contributed by atoms with E-state index in [4.69, 9.17) is 14.5 Å². The summed E-state index contributed by atoms with van der Waals surface area (Å²) in [5, 5.41) is 2.82. The summed E-state index contributed by atoms with van der Waals surface area (Å²) in [5.41, 5.74) is 4.34. The van der Waals surface area contributed by atoms with Crippen LogP contribution in [-0.2, 0) is 4.74 Å². The lowest BCUT2D eigenvalue weighted by molar-refractivity contribution is 0.115. The minimum absolute atomic E-state index is 0.140. The van der Waals surface area contributed by atoms with Gasteiger partial charge in [-0.1, -0.05) is 19.4 Å². The van der Waals surface area contributed by atoms with Crippen LogP contribution in [0.25, 0.3) is 16.8 Å². The summed E-state index contributed by atoms with van der Waals surface area (Å²) in [6.45, 7) is 7.14. The maximum Gasteiger partial charge on any atom is 0.412 e. The Labute approximate surface area is 220 Å². The van der Waals surface area contributed by atoms with Crippen molar-refractivity contribution < 1.29 is 14.3 Å². The van der Waals surface area contributed by atoms with Gasteiger partial charge < -0.3 is 14.4 Å². The van der Waals surface area contributed by atoms with E-state index in [-0.39, 0.29) is 6.10 Å². The summed E-state index contributed by atoms with van der Waals surface area (Å²) >= 11 is 0. The molecule has 1 fully saturated rings. The molecule has 8 nitrogen and oxygen atoms in total. The fraction of sp³-hybridized carbons (Fsp3) is 0.552. The van der Waals surface area contributed by atoms with Crippen molar-refractivity contribution in [2.75, 3.05) is 33.1 Å². The second kappa shape index (κ2) is 11.9. The zero-order valence-corrected chi connectivity index (χ0v) is 23.1. The molecular formula is C29H41N5O3. The molecule has 0 aliphatic heterocycles. The van der Waals surface area contributed by atoms with Gasteiger partial charge in [0.25, 0.3) is 0 Å². The molecular weight excluding hydrogens is 466 g/mol. The van der Waals surface area contributed by atoms with Crippen LogP contribution >= 0.6 is 0 Å². The molecule has 0 saturated heterocycles. The first kappa shape index (κ1) is 26.9. The molecule has 1 N–H and O–H groups in total. The van der Waals surface area contributed by atoms with Crippen LogP contribution in [0.15, 0.2) is 30.6 Å². The third-order valence-corrected chi connectivity index (χ3v) is 7.32. The number of hydrogen-bond donors (Lipinski definition) is 1. The standard InChI is InChI=1S/C29H41N5O3/c1-7-8-19(2)37-29(35)31-24-14-13-23(17-25(24)36-6)26-27-20(3)30-15-16-34(27)28(32-26)22-11-9-21(10-12-22)18-33(4)5/h13-17,19,21-22H,7-12,18H2,1-6H3,(H,31,35). The molecule has 8 heteroatoms. The van der Waals surface area contributed by atoms with E-state index in [1.165, 1.54) is 12.8 Å². The molecule has 1 saturated carbocycles. The van der Waals surface area contributed by atoms with E-state index >= 15 is 0 Å². The second-order valence-electron chi connectivity index (χ2n) is 10.6. The highest BCUT2D eigenvalue weighted by Crippen LogP contribution is 2.39. The summed E-state index contributed by atoms with van der Waals surface area (Å²) in [7, 11) is 5.91. The minimum atomic E-state index is -0.480. The van der Waals surface area contributed by atoms with Crippen molar-refractivity contribution in [1.82, 2.24) is 19.3 Å². The van der Waals surface area contributed by atoms with Gasteiger partial charge >= 0.3 is 6.09 Å². The van der Waals surface area contributed by atoms with Crippen molar-refractivity contribution in [2.45, 2.75) is 71.3 Å². The van der Waals surface area contributed by atoms with Crippen LogP contribution in [0, 0.1) is 12.8 Å². The zero-order valence-electron chi connectivity index (χ0n) is 23.1. The number of fused-ring (bicyclic) bond motifs is 1. The number of benzene rings is 1. The van der Waals surface area contributed by atoms with Crippen molar-refractivity contribution in [3.8, 4) is 17.0 Å².